The lowest BCUT2D eigenvalue weighted by atomic mass is 10.2. The summed E-state index contributed by atoms with van der Waals surface area (Å²) >= 11 is 0. The first-order valence-electron chi connectivity index (χ1n) is 5.69. The third kappa shape index (κ3) is 4.71. The van der Waals surface area contributed by atoms with Gasteiger partial charge >= 0.3 is 0 Å². The number of benzene rings is 1. The van der Waals surface area contributed by atoms with Gasteiger partial charge in [-0.25, -0.2) is 16.8 Å². The van der Waals surface area contributed by atoms with Gasteiger partial charge in [-0.3, -0.25) is 0 Å². The van der Waals surface area contributed by atoms with Gasteiger partial charge in [0.2, 0.25) is 0 Å². The summed E-state index contributed by atoms with van der Waals surface area (Å²) in [5.41, 5.74) is 6.53. The Labute approximate surface area is 113 Å². The average Bonchev–Trinajstić information content (AvgIpc) is 2.30. The van der Waals surface area contributed by atoms with Gasteiger partial charge in [-0.1, -0.05) is 6.92 Å². The summed E-state index contributed by atoms with van der Waals surface area (Å²) in [6.07, 6.45) is 1.10. The van der Waals surface area contributed by atoms with E-state index in [0.29, 0.717) is 5.69 Å². The van der Waals surface area contributed by atoms with Crippen LogP contribution in [0.3, 0.4) is 0 Å². The third-order valence-electron chi connectivity index (χ3n) is 2.62. The van der Waals surface area contributed by atoms with Crippen molar-refractivity contribution >= 4 is 31.0 Å². The second-order valence-electron chi connectivity index (χ2n) is 4.18. The predicted octanol–water partition coefficient (Wildman–Crippen LogP) is 0.519. The molecule has 0 fully saturated rings. The predicted molar refractivity (Wildman–Crippen MR) is 76.8 cm³/mol. The van der Waals surface area contributed by atoms with Gasteiger partial charge in [-0.05, 0) is 18.2 Å². The normalized spacial score (nSPS) is 12.3. The highest BCUT2D eigenvalue weighted by molar-refractivity contribution is 7.91. The van der Waals surface area contributed by atoms with Crippen LogP contribution < -0.4 is 11.1 Å². The number of hydrogen-bond acceptors (Lipinski definition) is 6. The van der Waals surface area contributed by atoms with Crippen LogP contribution in [-0.2, 0) is 19.7 Å². The number of sulfone groups is 2. The van der Waals surface area contributed by atoms with E-state index in [1.54, 1.807) is 6.92 Å². The summed E-state index contributed by atoms with van der Waals surface area (Å²) in [6.45, 7) is 1.82. The standard InChI is InChI=1S/C11H18N2O4S2/c1-3-19(16,17)7-6-13-11-5-4-9(8-10(11)12)18(2,14)15/h4-5,8,13H,3,6-7,12H2,1-2H3. The van der Waals surface area contributed by atoms with Crippen molar-refractivity contribution in [3.63, 3.8) is 0 Å². The van der Waals surface area contributed by atoms with Crippen LogP contribution in [-0.4, -0.2) is 41.1 Å². The topological polar surface area (TPSA) is 106 Å². The molecule has 1 aromatic carbocycles. The zero-order valence-electron chi connectivity index (χ0n) is 10.9. The second-order valence-corrected chi connectivity index (χ2v) is 8.67. The molecule has 0 saturated heterocycles. The fourth-order valence-corrected chi connectivity index (χ4v) is 2.78. The Bertz CT molecular complexity index is 651. The monoisotopic (exact) mass is 306 g/mol. The van der Waals surface area contributed by atoms with Crippen LogP contribution in [0.5, 0.6) is 0 Å². The zero-order valence-corrected chi connectivity index (χ0v) is 12.5. The van der Waals surface area contributed by atoms with Crippen molar-refractivity contribution in [3.8, 4) is 0 Å². The molecule has 0 unspecified atom stereocenters. The Kier molecular flexibility index (Phi) is 4.81. The molecule has 0 radical (unpaired) electrons. The van der Waals surface area contributed by atoms with Crippen LogP contribution in [0.2, 0.25) is 0 Å². The summed E-state index contributed by atoms with van der Waals surface area (Å²) in [6, 6.07) is 4.32. The molecule has 0 amide bonds. The van der Waals surface area contributed by atoms with Gasteiger partial charge in [-0.2, -0.15) is 0 Å². The quantitative estimate of drug-likeness (QED) is 0.742. The Hall–Kier alpha value is -1.28. The molecule has 1 aromatic rings. The minimum Gasteiger partial charge on any atom is -0.397 e. The van der Waals surface area contributed by atoms with E-state index in [4.69, 9.17) is 5.73 Å². The number of hydrogen-bond donors (Lipinski definition) is 2. The van der Waals surface area contributed by atoms with Gasteiger partial charge < -0.3 is 11.1 Å². The summed E-state index contributed by atoms with van der Waals surface area (Å²) in [5, 5.41) is 2.88. The third-order valence-corrected chi connectivity index (χ3v) is 5.44. The average molecular weight is 306 g/mol. The number of nitrogen functional groups attached to an aromatic ring is 1. The van der Waals surface area contributed by atoms with Crippen LogP contribution in [0.4, 0.5) is 11.4 Å². The maximum absolute atomic E-state index is 11.3. The lowest BCUT2D eigenvalue weighted by Crippen LogP contribution is -2.17. The smallest absolute Gasteiger partial charge is 0.175 e. The van der Waals surface area contributed by atoms with Crippen LogP contribution in [0.15, 0.2) is 23.1 Å². The molecule has 108 valence electrons. The molecule has 0 atom stereocenters. The SMILES string of the molecule is CCS(=O)(=O)CCNc1ccc(S(C)(=O)=O)cc1N. The van der Waals surface area contributed by atoms with Gasteiger partial charge in [-0.15, -0.1) is 0 Å². The first-order chi connectivity index (χ1) is 8.65. The maximum atomic E-state index is 11.3. The molecule has 3 N–H and O–H groups in total. The van der Waals surface area contributed by atoms with E-state index in [2.05, 4.69) is 5.32 Å². The zero-order chi connectivity index (χ0) is 14.7. The van der Waals surface area contributed by atoms with Crippen LogP contribution >= 0.6 is 0 Å². The molecule has 0 saturated carbocycles. The van der Waals surface area contributed by atoms with E-state index in [1.807, 2.05) is 0 Å². The van der Waals surface area contributed by atoms with Crippen LogP contribution in [0.25, 0.3) is 0 Å². The van der Waals surface area contributed by atoms with Crippen LogP contribution in [0.1, 0.15) is 6.92 Å². The molecule has 0 aliphatic heterocycles. The minimum absolute atomic E-state index is 0.0107. The highest BCUT2D eigenvalue weighted by atomic mass is 32.2. The van der Waals surface area contributed by atoms with E-state index >= 15 is 0 Å². The summed E-state index contributed by atoms with van der Waals surface area (Å²) < 4.78 is 45.3. The lowest BCUT2D eigenvalue weighted by Gasteiger charge is -2.10. The van der Waals surface area contributed by atoms with Crippen molar-refractivity contribution in [2.24, 2.45) is 0 Å². The largest absolute Gasteiger partial charge is 0.397 e. The van der Waals surface area contributed by atoms with Crippen molar-refractivity contribution in [1.82, 2.24) is 0 Å². The van der Waals surface area contributed by atoms with E-state index in [9.17, 15) is 16.8 Å². The molecule has 8 heteroatoms. The van der Waals surface area contributed by atoms with E-state index in [0.717, 1.165) is 6.26 Å². The van der Waals surface area contributed by atoms with E-state index in [-0.39, 0.29) is 28.6 Å². The maximum Gasteiger partial charge on any atom is 0.175 e. The Morgan fingerprint density at radius 2 is 1.84 bits per heavy atom. The molecule has 0 spiro atoms. The molecule has 0 aliphatic rings. The molecule has 0 aromatic heterocycles. The fraction of sp³-hybridized carbons (Fsp3) is 0.455. The number of nitrogens with one attached hydrogen (secondary N) is 1. The molecular formula is C11H18N2O4S2. The van der Waals surface area contributed by atoms with Crippen molar-refractivity contribution in [2.75, 3.05) is 35.4 Å². The van der Waals surface area contributed by atoms with Gasteiger partial charge in [0.1, 0.15) is 0 Å². The molecule has 0 aliphatic carbocycles. The second kappa shape index (κ2) is 5.79. The van der Waals surface area contributed by atoms with E-state index in [1.165, 1.54) is 18.2 Å². The molecule has 1 rings (SSSR count). The molecular weight excluding hydrogens is 288 g/mol. The highest BCUT2D eigenvalue weighted by Gasteiger charge is 2.10. The number of nitrogens with two attached hydrogens (primary N) is 1. The summed E-state index contributed by atoms with van der Waals surface area (Å²) in [4.78, 5) is 0.136. The molecule has 6 nitrogen and oxygen atoms in total. The first kappa shape index (κ1) is 15.8. The van der Waals surface area contributed by atoms with Crippen LogP contribution in [0, 0.1) is 0 Å². The van der Waals surface area contributed by atoms with Gasteiger partial charge in [0.05, 0.1) is 22.0 Å². The summed E-state index contributed by atoms with van der Waals surface area (Å²) in [5.74, 6) is 0.105. The van der Waals surface area contributed by atoms with Crippen molar-refractivity contribution in [1.29, 1.82) is 0 Å². The molecule has 0 bridgehead atoms. The molecule has 19 heavy (non-hydrogen) atoms. The van der Waals surface area contributed by atoms with Gasteiger partial charge in [0.15, 0.2) is 19.7 Å². The highest BCUT2D eigenvalue weighted by Crippen LogP contribution is 2.22. The number of anilines is 2. The first-order valence-corrected chi connectivity index (χ1v) is 9.41. The van der Waals surface area contributed by atoms with Crippen molar-refractivity contribution in [2.45, 2.75) is 11.8 Å². The lowest BCUT2D eigenvalue weighted by molar-refractivity contribution is 0.597. The molecule has 0 heterocycles. The minimum atomic E-state index is -3.29. The van der Waals surface area contributed by atoms with Crippen molar-refractivity contribution < 1.29 is 16.8 Å². The number of rotatable bonds is 6. The van der Waals surface area contributed by atoms with Gasteiger partial charge in [0.25, 0.3) is 0 Å². The van der Waals surface area contributed by atoms with Gasteiger partial charge in [0, 0.05) is 18.6 Å². The Morgan fingerprint density at radius 3 is 2.32 bits per heavy atom. The summed E-state index contributed by atoms with van der Waals surface area (Å²) in [7, 11) is -6.33. The Morgan fingerprint density at radius 1 is 1.21 bits per heavy atom. The van der Waals surface area contributed by atoms with Crippen molar-refractivity contribution in [3.05, 3.63) is 18.2 Å². The fourth-order valence-electron chi connectivity index (χ4n) is 1.42. The van der Waals surface area contributed by atoms with E-state index < -0.39 is 19.7 Å². The Balaban J connectivity index is 2.77.